The Morgan fingerprint density at radius 3 is 2.70 bits per heavy atom. The number of nitrogens with zero attached hydrogens (tertiary/aromatic N) is 1. The van der Waals surface area contributed by atoms with Crippen LogP contribution in [0.15, 0.2) is 17.5 Å². The van der Waals surface area contributed by atoms with Gasteiger partial charge in [0.15, 0.2) is 0 Å². The number of ether oxygens (including phenoxy) is 1. The second-order valence-electron chi connectivity index (χ2n) is 6.56. The maximum atomic E-state index is 12.5. The third-order valence-electron chi connectivity index (χ3n) is 3.58. The molecule has 0 aromatic carbocycles. The third-order valence-corrected chi connectivity index (χ3v) is 6.58. The topological polar surface area (TPSA) is 76.1 Å². The van der Waals surface area contributed by atoms with Crippen LogP contribution in [-0.4, -0.2) is 46.8 Å². The number of carbonyl (C=O) groups is 1. The van der Waals surface area contributed by atoms with Crippen LogP contribution in [0.2, 0.25) is 0 Å². The maximum absolute atomic E-state index is 12.5. The van der Waals surface area contributed by atoms with Crippen molar-refractivity contribution in [2.45, 2.75) is 44.9 Å². The number of hydrogen-bond acceptors (Lipinski definition) is 5. The Labute approximate surface area is 140 Å². The lowest BCUT2D eigenvalue weighted by molar-refractivity contribution is 0.0292. The van der Waals surface area contributed by atoms with Gasteiger partial charge in [0.25, 0.3) is 0 Å². The average Bonchev–Trinajstić information content (AvgIpc) is 3.06. The molecule has 130 valence electrons. The second-order valence-corrected chi connectivity index (χ2v) is 9.59. The van der Waals surface area contributed by atoms with E-state index in [9.17, 15) is 14.3 Å². The van der Waals surface area contributed by atoms with E-state index in [1.807, 2.05) is 17.5 Å². The van der Waals surface area contributed by atoms with E-state index in [1.165, 1.54) is 16.2 Å². The van der Waals surface area contributed by atoms with Crippen LogP contribution in [-0.2, 0) is 13.8 Å². The summed E-state index contributed by atoms with van der Waals surface area (Å²) in [6, 6.07) is 3.82. The zero-order valence-corrected chi connectivity index (χ0v) is 15.6. The molecule has 3 unspecified atom stereocenters. The SMILES string of the molecule is CCOP(=O)(O)C1CN(C(=O)OC(C)(C)C)CC1c1cccs1. The van der Waals surface area contributed by atoms with Crippen molar-refractivity contribution in [2.75, 3.05) is 19.7 Å². The van der Waals surface area contributed by atoms with Crippen molar-refractivity contribution in [1.82, 2.24) is 4.90 Å². The second kappa shape index (κ2) is 6.93. The van der Waals surface area contributed by atoms with Gasteiger partial charge < -0.3 is 19.1 Å². The van der Waals surface area contributed by atoms with Crippen LogP contribution in [0.5, 0.6) is 0 Å². The predicted octanol–water partition coefficient (Wildman–Crippen LogP) is 3.67. The molecule has 0 spiro atoms. The molecule has 1 N–H and O–H groups in total. The molecular formula is C15H24NO5PS. The molecule has 1 fully saturated rings. The van der Waals surface area contributed by atoms with Crippen LogP contribution in [0, 0.1) is 0 Å². The molecule has 0 saturated carbocycles. The first-order chi connectivity index (χ1) is 10.6. The van der Waals surface area contributed by atoms with Crippen molar-refractivity contribution >= 4 is 25.0 Å². The smallest absolute Gasteiger partial charge is 0.410 e. The molecule has 1 amide bonds. The van der Waals surface area contributed by atoms with Gasteiger partial charge in [-0.3, -0.25) is 4.57 Å². The molecule has 2 rings (SSSR count). The molecule has 3 atom stereocenters. The molecule has 0 aliphatic carbocycles. The van der Waals surface area contributed by atoms with E-state index < -0.39 is 24.9 Å². The summed E-state index contributed by atoms with van der Waals surface area (Å²) < 4.78 is 23.0. The number of thiophene rings is 1. The monoisotopic (exact) mass is 361 g/mol. The summed E-state index contributed by atoms with van der Waals surface area (Å²) in [5.74, 6) is -0.218. The summed E-state index contributed by atoms with van der Waals surface area (Å²) in [6.45, 7) is 7.76. The summed E-state index contributed by atoms with van der Waals surface area (Å²) in [6.07, 6.45) is -0.460. The van der Waals surface area contributed by atoms with Crippen molar-refractivity contribution in [3.63, 3.8) is 0 Å². The molecule has 6 nitrogen and oxygen atoms in total. The van der Waals surface area contributed by atoms with Gasteiger partial charge in [-0.1, -0.05) is 6.07 Å². The first-order valence-corrected chi connectivity index (χ1v) is 10.1. The van der Waals surface area contributed by atoms with Gasteiger partial charge >= 0.3 is 13.7 Å². The van der Waals surface area contributed by atoms with Gasteiger partial charge in [-0.15, -0.1) is 11.3 Å². The molecule has 2 heterocycles. The van der Waals surface area contributed by atoms with Gasteiger partial charge in [-0.05, 0) is 39.1 Å². The summed E-state index contributed by atoms with van der Waals surface area (Å²) in [5.41, 5.74) is -1.23. The number of amides is 1. The highest BCUT2D eigenvalue weighted by Crippen LogP contribution is 2.55. The Morgan fingerprint density at radius 1 is 1.48 bits per heavy atom. The van der Waals surface area contributed by atoms with Gasteiger partial charge in [-0.25, -0.2) is 4.79 Å². The molecule has 1 aromatic rings. The van der Waals surface area contributed by atoms with E-state index in [0.29, 0.717) is 6.54 Å². The zero-order valence-electron chi connectivity index (χ0n) is 13.9. The predicted molar refractivity (Wildman–Crippen MR) is 90.1 cm³/mol. The summed E-state index contributed by atoms with van der Waals surface area (Å²) in [4.78, 5) is 25.1. The summed E-state index contributed by atoms with van der Waals surface area (Å²) >= 11 is 1.52. The normalized spacial score (nSPS) is 24.5. The highest BCUT2D eigenvalue weighted by Gasteiger charge is 2.48. The number of likely N-dealkylation sites (tertiary alicyclic amines) is 1. The van der Waals surface area contributed by atoms with Crippen LogP contribution < -0.4 is 0 Å². The average molecular weight is 361 g/mol. The highest BCUT2D eigenvalue weighted by molar-refractivity contribution is 7.53. The van der Waals surface area contributed by atoms with Gasteiger partial charge in [-0.2, -0.15) is 0 Å². The van der Waals surface area contributed by atoms with E-state index in [0.717, 1.165) is 4.88 Å². The van der Waals surface area contributed by atoms with Crippen LogP contribution in [0.3, 0.4) is 0 Å². The summed E-state index contributed by atoms with van der Waals surface area (Å²) in [5, 5.41) is 1.92. The first-order valence-electron chi connectivity index (χ1n) is 7.62. The van der Waals surface area contributed by atoms with Crippen molar-refractivity contribution in [3.8, 4) is 0 Å². The number of rotatable bonds is 4. The fourth-order valence-electron chi connectivity index (χ4n) is 2.66. The molecule has 23 heavy (non-hydrogen) atoms. The van der Waals surface area contributed by atoms with Gasteiger partial charge in [0.05, 0.1) is 12.3 Å². The molecule has 1 aliphatic rings. The number of carbonyl (C=O) groups excluding carboxylic acids is 1. The molecule has 1 aromatic heterocycles. The van der Waals surface area contributed by atoms with Crippen molar-refractivity contribution in [1.29, 1.82) is 0 Å². The molecule has 1 saturated heterocycles. The van der Waals surface area contributed by atoms with E-state index in [1.54, 1.807) is 27.7 Å². The molecule has 8 heteroatoms. The molecule has 0 radical (unpaired) electrons. The molecule has 0 bridgehead atoms. The standard InChI is InChI=1S/C15H24NO5PS/c1-5-20-22(18,19)12-10-16(14(17)21-15(2,3)4)9-11(12)13-7-6-8-23-13/h6-8,11-12H,5,9-10H2,1-4H3,(H,18,19). The van der Waals surface area contributed by atoms with E-state index in [2.05, 4.69) is 0 Å². The minimum atomic E-state index is -3.81. The summed E-state index contributed by atoms with van der Waals surface area (Å²) in [7, 11) is -3.81. The first kappa shape index (κ1) is 18.5. The quantitative estimate of drug-likeness (QED) is 0.828. The largest absolute Gasteiger partial charge is 0.444 e. The van der Waals surface area contributed by atoms with Crippen LogP contribution in [0.4, 0.5) is 4.79 Å². The fraction of sp³-hybridized carbons (Fsp3) is 0.667. The van der Waals surface area contributed by atoms with Gasteiger partial charge in [0.1, 0.15) is 5.60 Å². The van der Waals surface area contributed by atoms with Crippen LogP contribution in [0.1, 0.15) is 38.5 Å². The van der Waals surface area contributed by atoms with Crippen molar-refractivity contribution in [2.24, 2.45) is 0 Å². The van der Waals surface area contributed by atoms with Crippen molar-refractivity contribution < 1.29 is 23.5 Å². The molecule has 1 aliphatic heterocycles. The minimum absolute atomic E-state index is 0.158. The van der Waals surface area contributed by atoms with Gasteiger partial charge in [0.2, 0.25) is 0 Å². The lowest BCUT2D eigenvalue weighted by atomic mass is 10.1. The molecular weight excluding hydrogens is 337 g/mol. The highest BCUT2D eigenvalue weighted by atomic mass is 32.1. The lowest BCUT2D eigenvalue weighted by Gasteiger charge is -2.24. The Kier molecular flexibility index (Phi) is 5.56. The van der Waals surface area contributed by atoms with E-state index in [4.69, 9.17) is 9.26 Å². The Balaban J connectivity index is 2.22. The Bertz CT molecular complexity index is 583. The third kappa shape index (κ3) is 4.57. The fourth-order valence-corrected chi connectivity index (χ4v) is 5.32. The minimum Gasteiger partial charge on any atom is -0.444 e. The number of hydrogen-bond donors (Lipinski definition) is 1. The van der Waals surface area contributed by atoms with E-state index >= 15 is 0 Å². The van der Waals surface area contributed by atoms with Crippen LogP contribution in [0.25, 0.3) is 0 Å². The Hall–Kier alpha value is -0.880. The zero-order chi connectivity index (χ0) is 17.3. The van der Waals surface area contributed by atoms with Crippen LogP contribution >= 0.6 is 18.9 Å². The van der Waals surface area contributed by atoms with Crippen molar-refractivity contribution in [3.05, 3.63) is 22.4 Å². The lowest BCUT2D eigenvalue weighted by Crippen LogP contribution is -2.35. The van der Waals surface area contributed by atoms with Gasteiger partial charge in [0, 0.05) is 23.9 Å². The van der Waals surface area contributed by atoms with E-state index in [-0.39, 0.29) is 19.1 Å². The maximum Gasteiger partial charge on any atom is 0.410 e. The Morgan fingerprint density at radius 2 is 2.17 bits per heavy atom.